The van der Waals surface area contributed by atoms with E-state index >= 15 is 0 Å². The van der Waals surface area contributed by atoms with Crippen molar-refractivity contribution in [1.29, 1.82) is 0 Å². The Morgan fingerprint density at radius 3 is 2.35 bits per heavy atom. The summed E-state index contributed by atoms with van der Waals surface area (Å²) in [4.78, 5) is 2.84. The van der Waals surface area contributed by atoms with Crippen LogP contribution < -0.4 is 5.32 Å². The van der Waals surface area contributed by atoms with Crippen molar-refractivity contribution in [3.05, 3.63) is 42.5 Å². The summed E-state index contributed by atoms with van der Waals surface area (Å²) in [5.41, 5.74) is 0. The van der Waals surface area contributed by atoms with Crippen LogP contribution in [0.5, 0.6) is 0 Å². The van der Waals surface area contributed by atoms with E-state index < -0.39 is 10.0 Å². The monoisotopic (exact) mass is 373 g/mol. The largest absolute Gasteiger partial charge is 0.317 e. The van der Waals surface area contributed by atoms with Gasteiger partial charge in [0.2, 0.25) is 10.0 Å². The second-order valence-corrected chi connectivity index (χ2v) is 9.34. The summed E-state index contributed by atoms with van der Waals surface area (Å²) in [5, 5.41) is 5.44. The third-order valence-corrected chi connectivity index (χ3v) is 7.56. The number of fused-ring (bicyclic) bond motifs is 1. The molecule has 2 aromatic rings. The molecule has 1 N–H and O–H groups in total. The number of piperazine rings is 1. The molecule has 2 aliphatic heterocycles. The third kappa shape index (κ3) is 3.78. The summed E-state index contributed by atoms with van der Waals surface area (Å²) >= 11 is 0. The average Bonchev–Trinajstić information content (AvgIpc) is 2.69. The maximum Gasteiger partial charge on any atom is 0.243 e. The summed E-state index contributed by atoms with van der Waals surface area (Å²) in [6.45, 7) is 6.15. The van der Waals surface area contributed by atoms with Crippen LogP contribution in [0.1, 0.15) is 12.8 Å². The molecule has 0 spiro atoms. The fourth-order valence-corrected chi connectivity index (χ4v) is 5.52. The molecule has 2 heterocycles. The first-order valence-electron chi connectivity index (χ1n) is 9.55. The van der Waals surface area contributed by atoms with Gasteiger partial charge in [0.25, 0.3) is 0 Å². The summed E-state index contributed by atoms with van der Waals surface area (Å²) in [6, 6.07) is 13.3. The van der Waals surface area contributed by atoms with Crippen LogP contribution in [0.3, 0.4) is 0 Å². The van der Waals surface area contributed by atoms with Gasteiger partial charge >= 0.3 is 0 Å². The number of sulfonamides is 1. The molecular formula is C20H27N3O2S. The van der Waals surface area contributed by atoms with Crippen molar-refractivity contribution in [2.75, 3.05) is 45.8 Å². The minimum Gasteiger partial charge on any atom is -0.317 e. The van der Waals surface area contributed by atoms with Gasteiger partial charge in [-0.2, -0.15) is 4.31 Å². The highest BCUT2D eigenvalue weighted by atomic mass is 32.2. The molecule has 2 fully saturated rings. The van der Waals surface area contributed by atoms with E-state index in [1.165, 1.54) is 12.8 Å². The first-order chi connectivity index (χ1) is 12.6. The molecule has 0 bridgehead atoms. The Morgan fingerprint density at radius 2 is 1.62 bits per heavy atom. The molecule has 140 valence electrons. The number of nitrogens with zero attached hydrogens (tertiary/aromatic N) is 2. The van der Waals surface area contributed by atoms with E-state index in [2.05, 4.69) is 10.2 Å². The van der Waals surface area contributed by atoms with Crippen LogP contribution in [0.15, 0.2) is 47.4 Å². The molecule has 0 radical (unpaired) electrons. The standard InChI is InChI=1S/C20H27N3O2S/c24-26(25,20-6-5-18-3-1-2-4-19(18)15-20)23-13-11-22(12-14-23)16-17-7-9-21-10-8-17/h1-6,15,17,21H,7-14,16H2. The maximum absolute atomic E-state index is 13.0. The first kappa shape index (κ1) is 17.9. The quantitative estimate of drug-likeness (QED) is 0.892. The minimum atomic E-state index is -3.41. The smallest absolute Gasteiger partial charge is 0.243 e. The molecule has 26 heavy (non-hydrogen) atoms. The van der Waals surface area contributed by atoms with Crippen molar-refractivity contribution in [3.63, 3.8) is 0 Å². The molecule has 2 saturated heterocycles. The van der Waals surface area contributed by atoms with E-state index in [1.807, 2.05) is 30.3 Å². The van der Waals surface area contributed by atoms with Crippen LogP contribution in [0.4, 0.5) is 0 Å². The number of rotatable bonds is 4. The lowest BCUT2D eigenvalue weighted by molar-refractivity contribution is 0.152. The van der Waals surface area contributed by atoms with Crippen molar-refractivity contribution in [2.24, 2.45) is 5.92 Å². The van der Waals surface area contributed by atoms with Crippen LogP contribution >= 0.6 is 0 Å². The highest BCUT2D eigenvalue weighted by Crippen LogP contribution is 2.23. The molecule has 2 aliphatic rings. The van der Waals surface area contributed by atoms with Crippen LogP contribution in [0, 0.1) is 5.92 Å². The van der Waals surface area contributed by atoms with Crippen molar-refractivity contribution in [1.82, 2.24) is 14.5 Å². The van der Waals surface area contributed by atoms with Gasteiger partial charge in [0.15, 0.2) is 0 Å². The fraction of sp³-hybridized carbons (Fsp3) is 0.500. The molecule has 5 nitrogen and oxygen atoms in total. The minimum absolute atomic E-state index is 0.406. The van der Waals surface area contributed by atoms with Gasteiger partial charge in [0.05, 0.1) is 4.90 Å². The molecule has 0 unspecified atom stereocenters. The lowest BCUT2D eigenvalue weighted by atomic mass is 9.97. The number of hydrogen-bond acceptors (Lipinski definition) is 4. The molecule has 0 aliphatic carbocycles. The van der Waals surface area contributed by atoms with Gasteiger partial charge in [0.1, 0.15) is 0 Å². The summed E-state index contributed by atoms with van der Waals surface area (Å²) in [5.74, 6) is 0.750. The van der Waals surface area contributed by atoms with Gasteiger partial charge in [-0.05, 0) is 54.8 Å². The van der Waals surface area contributed by atoms with Gasteiger partial charge in [0, 0.05) is 32.7 Å². The second-order valence-electron chi connectivity index (χ2n) is 7.41. The lowest BCUT2D eigenvalue weighted by Crippen LogP contribution is -2.50. The first-order valence-corrected chi connectivity index (χ1v) is 11.0. The second kappa shape index (κ2) is 7.64. The summed E-state index contributed by atoms with van der Waals surface area (Å²) in [7, 11) is -3.41. The average molecular weight is 374 g/mol. The van der Waals surface area contributed by atoms with Crippen molar-refractivity contribution < 1.29 is 8.42 Å². The zero-order valence-electron chi connectivity index (χ0n) is 15.1. The highest BCUT2D eigenvalue weighted by molar-refractivity contribution is 7.89. The van der Waals surface area contributed by atoms with Crippen molar-refractivity contribution >= 4 is 20.8 Å². The number of piperidine rings is 1. The molecule has 4 rings (SSSR count). The summed E-state index contributed by atoms with van der Waals surface area (Å²) < 4.78 is 27.7. The van der Waals surface area contributed by atoms with Gasteiger partial charge in [-0.3, -0.25) is 0 Å². The van der Waals surface area contributed by atoms with Crippen LogP contribution in [-0.2, 0) is 10.0 Å². The van der Waals surface area contributed by atoms with E-state index in [-0.39, 0.29) is 0 Å². The molecule has 0 amide bonds. The molecular weight excluding hydrogens is 346 g/mol. The van der Waals surface area contributed by atoms with Crippen LogP contribution in [0.25, 0.3) is 10.8 Å². The molecule has 0 atom stereocenters. The van der Waals surface area contributed by atoms with E-state index in [4.69, 9.17) is 0 Å². The predicted octanol–water partition coefficient (Wildman–Crippen LogP) is 2.15. The Morgan fingerprint density at radius 1 is 0.923 bits per heavy atom. The SMILES string of the molecule is O=S(=O)(c1ccc2ccccc2c1)N1CCN(CC2CCNCC2)CC1. The fourth-order valence-electron chi connectivity index (χ4n) is 4.06. The lowest BCUT2D eigenvalue weighted by Gasteiger charge is -2.36. The van der Waals surface area contributed by atoms with Gasteiger partial charge in [-0.25, -0.2) is 8.42 Å². The Bertz CT molecular complexity index is 854. The normalized spacial score (nSPS) is 21.2. The van der Waals surface area contributed by atoms with E-state index in [1.54, 1.807) is 16.4 Å². The van der Waals surface area contributed by atoms with Crippen molar-refractivity contribution in [3.8, 4) is 0 Å². The zero-order chi connectivity index (χ0) is 18.0. The molecule has 6 heteroatoms. The Hall–Kier alpha value is -1.47. The highest BCUT2D eigenvalue weighted by Gasteiger charge is 2.29. The number of hydrogen-bond donors (Lipinski definition) is 1. The number of nitrogens with one attached hydrogen (secondary N) is 1. The van der Waals surface area contributed by atoms with Crippen LogP contribution in [-0.4, -0.2) is 63.4 Å². The van der Waals surface area contributed by atoms with Crippen LogP contribution in [0.2, 0.25) is 0 Å². The maximum atomic E-state index is 13.0. The number of benzene rings is 2. The summed E-state index contributed by atoms with van der Waals surface area (Å²) in [6.07, 6.45) is 2.46. The molecule has 2 aromatic carbocycles. The Labute approximate surface area is 156 Å². The molecule has 0 aromatic heterocycles. The van der Waals surface area contributed by atoms with Gasteiger partial charge in [-0.15, -0.1) is 0 Å². The third-order valence-electron chi connectivity index (χ3n) is 5.67. The van der Waals surface area contributed by atoms with E-state index in [0.29, 0.717) is 18.0 Å². The van der Waals surface area contributed by atoms with Gasteiger partial charge in [-0.1, -0.05) is 30.3 Å². The Kier molecular flexibility index (Phi) is 5.27. The predicted molar refractivity (Wildman–Crippen MR) is 105 cm³/mol. The van der Waals surface area contributed by atoms with Crippen molar-refractivity contribution in [2.45, 2.75) is 17.7 Å². The van der Waals surface area contributed by atoms with E-state index in [0.717, 1.165) is 49.4 Å². The Balaban J connectivity index is 1.42. The molecule has 0 saturated carbocycles. The topological polar surface area (TPSA) is 52.7 Å². The zero-order valence-corrected chi connectivity index (χ0v) is 15.9. The van der Waals surface area contributed by atoms with Gasteiger partial charge < -0.3 is 10.2 Å². The van der Waals surface area contributed by atoms with E-state index in [9.17, 15) is 8.42 Å².